The molecule has 1 aliphatic heterocycles. The number of methoxy groups -OCH3 is 2. The molecule has 1 aromatic rings. The Morgan fingerprint density at radius 3 is 2.53 bits per heavy atom. The lowest BCUT2D eigenvalue weighted by Gasteiger charge is -2.21. The third-order valence-corrected chi connectivity index (χ3v) is 3.97. The third kappa shape index (κ3) is 2.84. The van der Waals surface area contributed by atoms with Gasteiger partial charge >= 0.3 is 5.97 Å². The minimum absolute atomic E-state index is 0.164. The molecule has 2 rings (SSSR count). The minimum atomic E-state index is -0.496. The van der Waals surface area contributed by atoms with Crippen LogP contribution in [0, 0.1) is 0 Å². The zero-order chi connectivity index (χ0) is 13.8. The Bertz CT molecular complexity index is 474. The summed E-state index contributed by atoms with van der Waals surface area (Å²) in [5.41, 5.74) is 0.539. The van der Waals surface area contributed by atoms with Gasteiger partial charge in [0.1, 0.15) is 11.8 Å². The molecular formula is C13H15NO4S. The van der Waals surface area contributed by atoms with Crippen molar-refractivity contribution in [1.29, 1.82) is 0 Å². The van der Waals surface area contributed by atoms with Gasteiger partial charge in [-0.05, 0) is 24.3 Å². The molecule has 1 atom stereocenters. The highest BCUT2D eigenvalue weighted by atomic mass is 32.2. The van der Waals surface area contributed by atoms with Gasteiger partial charge in [-0.3, -0.25) is 4.79 Å². The molecule has 102 valence electrons. The van der Waals surface area contributed by atoms with E-state index in [1.165, 1.54) is 12.0 Å². The van der Waals surface area contributed by atoms with Crippen LogP contribution in [-0.2, 0) is 9.53 Å². The fourth-order valence-electron chi connectivity index (χ4n) is 1.87. The zero-order valence-corrected chi connectivity index (χ0v) is 11.6. The molecule has 1 aliphatic rings. The van der Waals surface area contributed by atoms with E-state index in [1.54, 1.807) is 43.1 Å². The average molecular weight is 281 g/mol. The summed E-state index contributed by atoms with van der Waals surface area (Å²) in [6.07, 6.45) is 0. The Kier molecular flexibility index (Phi) is 4.31. The predicted octanol–water partition coefficient (Wildman–Crippen LogP) is 1.38. The van der Waals surface area contributed by atoms with Crippen LogP contribution in [-0.4, -0.2) is 48.7 Å². The Hall–Kier alpha value is -1.69. The van der Waals surface area contributed by atoms with Crippen LogP contribution in [0.4, 0.5) is 0 Å². The van der Waals surface area contributed by atoms with Crippen LogP contribution >= 0.6 is 11.8 Å². The lowest BCUT2D eigenvalue weighted by molar-refractivity contribution is -0.144. The minimum Gasteiger partial charge on any atom is -0.497 e. The molecule has 0 spiro atoms. The standard InChI is InChI=1S/C13H15NO4S/c1-17-10-5-3-9(4-6-10)12(15)14-8-19-7-11(14)13(16)18-2/h3-6,11H,7-8H2,1-2H3/t11-/m0/s1. The normalized spacial score (nSPS) is 18.2. The van der Waals surface area contributed by atoms with E-state index in [-0.39, 0.29) is 11.9 Å². The van der Waals surface area contributed by atoms with Crippen LogP contribution in [0.3, 0.4) is 0 Å². The number of rotatable bonds is 3. The molecule has 0 radical (unpaired) electrons. The first-order valence-electron chi connectivity index (χ1n) is 5.78. The van der Waals surface area contributed by atoms with Crippen molar-refractivity contribution < 1.29 is 19.1 Å². The van der Waals surface area contributed by atoms with Crippen molar-refractivity contribution in [2.24, 2.45) is 0 Å². The van der Waals surface area contributed by atoms with Crippen LogP contribution in [0.15, 0.2) is 24.3 Å². The SMILES string of the molecule is COC(=O)[C@@H]1CSCN1C(=O)c1ccc(OC)cc1. The van der Waals surface area contributed by atoms with E-state index in [2.05, 4.69) is 0 Å². The molecule has 0 N–H and O–H groups in total. The Morgan fingerprint density at radius 2 is 1.95 bits per heavy atom. The zero-order valence-electron chi connectivity index (χ0n) is 10.8. The quantitative estimate of drug-likeness (QED) is 0.784. The number of thioether (sulfide) groups is 1. The highest BCUT2D eigenvalue weighted by molar-refractivity contribution is 7.99. The summed E-state index contributed by atoms with van der Waals surface area (Å²) in [4.78, 5) is 25.5. The second-order valence-electron chi connectivity index (χ2n) is 4.04. The van der Waals surface area contributed by atoms with Crippen LogP contribution in [0.2, 0.25) is 0 Å². The molecule has 19 heavy (non-hydrogen) atoms. The summed E-state index contributed by atoms with van der Waals surface area (Å²) in [6, 6.07) is 6.34. The summed E-state index contributed by atoms with van der Waals surface area (Å²) in [5, 5.41) is 0. The van der Waals surface area contributed by atoms with E-state index < -0.39 is 6.04 Å². The molecule has 0 aromatic heterocycles. The predicted molar refractivity (Wildman–Crippen MR) is 72.3 cm³/mol. The molecule has 1 saturated heterocycles. The summed E-state index contributed by atoms with van der Waals surface area (Å²) < 4.78 is 9.77. The molecule has 0 unspecified atom stereocenters. The van der Waals surface area contributed by atoms with Gasteiger partial charge in [0.15, 0.2) is 0 Å². The average Bonchev–Trinajstić information content (AvgIpc) is 2.95. The van der Waals surface area contributed by atoms with E-state index in [1.807, 2.05) is 0 Å². The maximum atomic E-state index is 12.3. The Labute approximate surface area is 115 Å². The van der Waals surface area contributed by atoms with Crippen LogP contribution in [0.25, 0.3) is 0 Å². The van der Waals surface area contributed by atoms with Crippen LogP contribution < -0.4 is 4.74 Å². The van der Waals surface area contributed by atoms with Crippen molar-refractivity contribution >= 4 is 23.6 Å². The first-order valence-corrected chi connectivity index (χ1v) is 6.93. The van der Waals surface area contributed by atoms with Crippen LogP contribution in [0.1, 0.15) is 10.4 Å². The summed E-state index contributed by atoms with van der Waals surface area (Å²) in [5.74, 6) is 1.24. The van der Waals surface area contributed by atoms with Gasteiger partial charge in [0.25, 0.3) is 5.91 Å². The van der Waals surface area contributed by atoms with Crippen LogP contribution in [0.5, 0.6) is 5.75 Å². The number of ether oxygens (including phenoxy) is 2. The molecule has 0 saturated carbocycles. The molecule has 1 aromatic carbocycles. The van der Waals surface area contributed by atoms with Gasteiger partial charge in [-0.1, -0.05) is 0 Å². The van der Waals surface area contributed by atoms with Gasteiger partial charge in [-0.2, -0.15) is 0 Å². The molecule has 6 heteroatoms. The summed E-state index contributed by atoms with van der Waals surface area (Å²) in [6.45, 7) is 0. The van der Waals surface area contributed by atoms with Crippen molar-refractivity contribution in [2.45, 2.75) is 6.04 Å². The van der Waals surface area contributed by atoms with Gasteiger partial charge in [0, 0.05) is 11.3 Å². The molecule has 1 fully saturated rings. The molecule has 5 nitrogen and oxygen atoms in total. The Morgan fingerprint density at radius 1 is 1.26 bits per heavy atom. The first-order chi connectivity index (χ1) is 9.17. The summed E-state index contributed by atoms with van der Waals surface area (Å²) in [7, 11) is 2.91. The third-order valence-electron chi connectivity index (χ3n) is 2.95. The van der Waals surface area contributed by atoms with Crippen molar-refractivity contribution in [3.8, 4) is 5.75 Å². The number of hydrogen-bond donors (Lipinski definition) is 0. The van der Waals surface area contributed by atoms with Gasteiger partial charge in [-0.25, -0.2) is 4.79 Å². The van der Waals surface area contributed by atoms with Crippen molar-refractivity contribution in [2.75, 3.05) is 25.8 Å². The maximum Gasteiger partial charge on any atom is 0.329 e. The molecule has 0 bridgehead atoms. The van der Waals surface area contributed by atoms with Crippen molar-refractivity contribution in [1.82, 2.24) is 4.90 Å². The highest BCUT2D eigenvalue weighted by Gasteiger charge is 2.35. The van der Waals surface area contributed by atoms with Gasteiger partial charge < -0.3 is 14.4 Å². The van der Waals surface area contributed by atoms with Crippen molar-refractivity contribution in [3.05, 3.63) is 29.8 Å². The van der Waals surface area contributed by atoms with Gasteiger partial charge in [0.05, 0.1) is 20.1 Å². The number of carbonyl (C=O) groups is 2. The first kappa shape index (κ1) is 13.7. The highest BCUT2D eigenvalue weighted by Crippen LogP contribution is 2.24. The fourth-order valence-corrected chi connectivity index (χ4v) is 3.01. The summed E-state index contributed by atoms with van der Waals surface area (Å²) >= 11 is 1.54. The maximum absolute atomic E-state index is 12.3. The molecular weight excluding hydrogens is 266 g/mol. The van der Waals surface area contributed by atoms with E-state index in [0.29, 0.717) is 22.9 Å². The smallest absolute Gasteiger partial charge is 0.329 e. The van der Waals surface area contributed by atoms with E-state index in [0.717, 1.165) is 0 Å². The molecule has 1 heterocycles. The number of carbonyl (C=O) groups excluding carboxylic acids is 2. The lowest BCUT2D eigenvalue weighted by Crippen LogP contribution is -2.42. The number of esters is 1. The topological polar surface area (TPSA) is 55.8 Å². The fraction of sp³-hybridized carbons (Fsp3) is 0.385. The van der Waals surface area contributed by atoms with E-state index >= 15 is 0 Å². The molecule has 0 aliphatic carbocycles. The second kappa shape index (κ2) is 5.97. The van der Waals surface area contributed by atoms with E-state index in [4.69, 9.17) is 9.47 Å². The van der Waals surface area contributed by atoms with Gasteiger partial charge in [-0.15, -0.1) is 11.8 Å². The van der Waals surface area contributed by atoms with Crippen molar-refractivity contribution in [3.63, 3.8) is 0 Å². The number of nitrogens with zero attached hydrogens (tertiary/aromatic N) is 1. The number of benzene rings is 1. The van der Waals surface area contributed by atoms with E-state index in [9.17, 15) is 9.59 Å². The number of hydrogen-bond acceptors (Lipinski definition) is 5. The Balaban J connectivity index is 2.15. The second-order valence-corrected chi connectivity index (χ2v) is 5.04. The van der Waals surface area contributed by atoms with Gasteiger partial charge in [0.2, 0.25) is 0 Å². The number of amides is 1. The largest absolute Gasteiger partial charge is 0.497 e. The monoisotopic (exact) mass is 281 g/mol. The molecule has 1 amide bonds. The lowest BCUT2D eigenvalue weighted by atomic mass is 10.1.